The molecule has 0 aliphatic heterocycles. The topological polar surface area (TPSA) is 52.6 Å². The first kappa shape index (κ1) is 17.2. The number of likely N-dealkylation sites (N-methyl/N-ethyl adjacent to an activating group) is 1. The maximum Gasteiger partial charge on any atom is 0.335 e. The van der Waals surface area contributed by atoms with Gasteiger partial charge in [0.05, 0.1) is 5.56 Å². The summed E-state index contributed by atoms with van der Waals surface area (Å²) in [6, 6.07) is 17.8. The molecule has 0 radical (unpaired) electrons. The van der Waals surface area contributed by atoms with Crippen molar-refractivity contribution in [2.24, 2.45) is 0 Å². The van der Waals surface area contributed by atoms with Gasteiger partial charge in [-0.15, -0.1) is 0 Å². The molecule has 1 unspecified atom stereocenters. The van der Waals surface area contributed by atoms with Crippen LogP contribution in [0, 0.1) is 0 Å². The van der Waals surface area contributed by atoms with Crippen LogP contribution in [-0.2, 0) is 13.1 Å². The lowest BCUT2D eigenvalue weighted by atomic mass is 10.1. The molecule has 0 saturated carbocycles. The van der Waals surface area contributed by atoms with E-state index in [-0.39, 0.29) is 0 Å². The van der Waals surface area contributed by atoms with Crippen molar-refractivity contribution in [1.82, 2.24) is 10.2 Å². The summed E-state index contributed by atoms with van der Waals surface area (Å²) in [5, 5.41) is 12.5. The molecule has 2 N–H and O–H groups in total. The van der Waals surface area contributed by atoms with E-state index in [2.05, 4.69) is 48.5 Å². The Kier molecular flexibility index (Phi) is 6.32. The molecule has 1 atom stereocenters. The number of hydrogen-bond donors (Lipinski definition) is 2. The van der Waals surface area contributed by atoms with E-state index in [4.69, 9.17) is 5.11 Å². The van der Waals surface area contributed by atoms with Gasteiger partial charge >= 0.3 is 5.97 Å². The number of carboxylic acids is 1. The zero-order valence-electron chi connectivity index (χ0n) is 13.7. The van der Waals surface area contributed by atoms with Gasteiger partial charge in [0, 0.05) is 25.7 Å². The molecule has 0 bridgehead atoms. The zero-order chi connectivity index (χ0) is 16.7. The highest BCUT2D eigenvalue weighted by Crippen LogP contribution is 2.06. The first-order valence-corrected chi connectivity index (χ1v) is 7.82. The zero-order valence-corrected chi connectivity index (χ0v) is 13.7. The summed E-state index contributed by atoms with van der Waals surface area (Å²) in [4.78, 5) is 13.3. The van der Waals surface area contributed by atoms with Crippen LogP contribution in [0.2, 0.25) is 0 Å². The normalized spacial score (nSPS) is 12.3. The Hall–Kier alpha value is -2.17. The monoisotopic (exact) mass is 312 g/mol. The SMILES string of the molecule is CC(CN(C)Cc1ccccc1)NCc1cccc(C(=O)O)c1. The predicted octanol–water partition coefficient (Wildman–Crippen LogP) is 2.99. The number of nitrogens with zero attached hydrogens (tertiary/aromatic N) is 1. The Bertz CT molecular complexity index is 628. The highest BCUT2D eigenvalue weighted by atomic mass is 16.4. The van der Waals surface area contributed by atoms with Crippen LogP contribution in [0.1, 0.15) is 28.4 Å². The van der Waals surface area contributed by atoms with Crippen molar-refractivity contribution < 1.29 is 9.90 Å². The minimum absolute atomic E-state index is 0.317. The van der Waals surface area contributed by atoms with Crippen molar-refractivity contribution in [3.05, 3.63) is 71.3 Å². The summed E-state index contributed by atoms with van der Waals surface area (Å²) in [6.45, 7) is 4.65. The Labute approximate surface area is 137 Å². The third-order valence-corrected chi connectivity index (χ3v) is 3.71. The number of aromatic carboxylic acids is 1. The third kappa shape index (κ3) is 5.85. The quantitative estimate of drug-likeness (QED) is 0.787. The number of hydrogen-bond acceptors (Lipinski definition) is 3. The number of benzene rings is 2. The maximum absolute atomic E-state index is 11.0. The van der Waals surface area contributed by atoms with Crippen LogP contribution in [0.5, 0.6) is 0 Å². The molecular weight excluding hydrogens is 288 g/mol. The molecule has 4 nitrogen and oxygen atoms in total. The molecule has 0 spiro atoms. The summed E-state index contributed by atoms with van der Waals surface area (Å²) in [7, 11) is 2.11. The van der Waals surface area contributed by atoms with Crippen molar-refractivity contribution in [3.8, 4) is 0 Å². The van der Waals surface area contributed by atoms with E-state index in [0.717, 1.165) is 18.7 Å². The molecule has 2 aromatic rings. The van der Waals surface area contributed by atoms with E-state index >= 15 is 0 Å². The Balaban J connectivity index is 1.79. The highest BCUT2D eigenvalue weighted by Gasteiger charge is 2.08. The molecule has 122 valence electrons. The molecule has 0 aliphatic carbocycles. The lowest BCUT2D eigenvalue weighted by Gasteiger charge is -2.22. The van der Waals surface area contributed by atoms with Crippen molar-refractivity contribution in [3.63, 3.8) is 0 Å². The van der Waals surface area contributed by atoms with Gasteiger partial charge in [-0.05, 0) is 37.2 Å². The van der Waals surface area contributed by atoms with Gasteiger partial charge in [0.25, 0.3) is 0 Å². The second-order valence-electron chi connectivity index (χ2n) is 5.97. The number of rotatable bonds is 8. The van der Waals surface area contributed by atoms with Crippen LogP contribution in [0.25, 0.3) is 0 Å². The minimum Gasteiger partial charge on any atom is -0.478 e. The third-order valence-electron chi connectivity index (χ3n) is 3.71. The smallest absolute Gasteiger partial charge is 0.335 e. The van der Waals surface area contributed by atoms with Gasteiger partial charge in [0.15, 0.2) is 0 Å². The second-order valence-corrected chi connectivity index (χ2v) is 5.97. The lowest BCUT2D eigenvalue weighted by Crippen LogP contribution is -2.36. The van der Waals surface area contributed by atoms with E-state index in [0.29, 0.717) is 18.2 Å². The molecule has 0 aromatic heterocycles. The lowest BCUT2D eigenvalue weighted by molar-refractivity contribution is 0.0696. The fourth-order valence-electron chi connectivity index (χ4n) is 2.60. The Morgan fingerprint density at radius 2 is 1.83 bits per heavy atom. The van der Waals surface area contributed by atoms with E-state index in [1.165, 1.54) is 5.56 Å². The molecule has 0 saturated heterocycles. The van der Waals surface area contributed by atoms with Crippen molar-refractivity contribution >= 4 is 5.97 Å². The van der Waals surface area contributed by atoms with Crippen LogP contribution in [-0.4, -0.2) is 35.6 Å². The molecule has 2 aromatic carbocycles. The highest BCUT2D eigenvalue weighted by molar-refractivity contribution is 5.87. The standard InChI is InChI=1S/C19H24N2O2/c1-15(13-21(2)14-16-7-4-3-5-8-16)20-12-17-9-6-10-18(11-17)19(22)23/h3-11,15,20H,12-14H2,1-2H3,(H,22,23). The summed E-state index contributed by atoms with van der Waals surface area (Å²) in [5.74, 6) is -0.887. The first-order valence-electron chi connectivity index (χ1n) is 7.82. The fraction of sp³-hybridized carbons (Fsp3) is 0.316. The van der Waals surface area contributed by atoms with E-state index in [1.54, 1.807) is 18.2 Å². The molecule has 0 heterocycles. The summed E-state index contributed by atoms with van der Waals surface area (Å²) >= 11 is 0. The Morgan fingerprint density at radius 1 is 1.13 bits per heavy atom. The molecule has 23 heavy (non-hydrogen) atoms. The number of carbonyl (C=O) groups is 1. The van der Waals surface area contributed by atoms with Crippen LogP contribution >= 0.6 is 0 Å². The summed E-state index contributed by atoms with van der Waals surface area (Å²) in [5.41, 5.74) is 2.62. The van der Waals surface area contributed by atoms with E-state index in [1.807, 2.05) is 12.1 Å². The van der Waals surface area contributed by atoms with Crippen molar-refractivity contribution in [1.29, 1.82) is 0 Å². The number of carboxylic acid groups (broad SMARTS) is 1. The molecule has 4 heteroatoms. The van der Waals surface area contributed by atoms with Crippen LogP contribution in [0.15, 0.2) is 54.6 Å². The average molecular weight is 312 g/mol. The van der Waals surface area contributed by atoms with Crippen molar-refractivity contribution in [2.45, 2.75) is 26.1 Å². The van der Waals surface area contributed by atoms with Crippen LogP contribution < -0.4 is 5.32 Å². The van der Waals surface area contributed by atoms with Gasteiger partial charge in [-0.3, -0.25) is 0 Å². The molecular formula is C19H24N2O2. The second kappa shape index (κ2) is 8.46. The largest absolute Gasteiger partial charge is 0.478 e. The van der Waals surface area contributed by atoms with Crippen molar-refractivity contribution in [2.75, 3.05) is 13.6 Å². The maximum atomic E-state index is 11.0. The molecule has 0 amide bonds. The molecule has 2 rings (SSSR count). The van der Waals surface area contributed by atoms with Gasteiger partial charge < -0.3 is 15.3 Å². The van der Waals surface area contributed by atoms with Gasteiger partial charge in [-0.2, -0.15) is 0 Å². The van der Waals surface area contributed by atoms with Gasteiger partial charge in [0.1, 0.15) is 0 Å². The molecule has 0 fully saturated rings. The first-order chi connectivity index (χ1) is 11.0. The summed E-state index contributed by atoms with van der Waals surface area (Å²) in [6.07, 6.45) is 0. The Morgan fingerprint density at radius 3 is 2.52 bits per heavy atom. The average Bonchev–Trinajstić information content (AvgIpc) is 2.54. The fourth-order valence-corrected chi connectivity index (χ4v) is 2.60. The van der Waals surface area contributed by atoms with Gasteiger partial charge in [-0.1, -0.05) is 42.5 Å². The van der Waals surface area contributed by atoms with Crippen LogP contribution in [0.4, 0.5) is 0 Å². The van der Waals surface area contributed by atoms with E-state index in [9.17, 15) is 4.79 Å². The van der Waals surface area contributed by atoms with Gasteiger partial charge in [-0.25, -0.2) is 4.79 Å². The van der Waals surface area contributed by atoms with E-state index < -0.39 is 5.97 Å². The van der Waals surface area contributed by atoms with Crippen LogP contribution in [0.3, 0.4) is 0 Å². The summed E-state index contributed by atoms with van der Waals surface area (Å²) < 4.78 is 0. The minimum atomic E-state index is -0.887. The predicted molar refractivity (Wildman–Crippen MR) is 92.5 cm³/mol. The van der Waals surface area contributed by atoms with Gasteiger partial charge in [0.2, 0.25) is 0 Å². The molecule has 0 aliphatic rings. The number of nitrogens with one attached hydrogen (secondary N) is 1.